The van der Waals surface area contributed by atoms with E-state index in [9.17, 15) is 5.11 Å². The first-order valence-corrected chi connectivity index (χ1v) is 5.38. The Balaban J connectivity index is 2.43. The average molecular weight is 211 g/mol. The third kappa shape index (κ3) is 1.67. The van der Waals surface area contributed by atoms with Crippen LogP contribution in [-0.2, 0) is 5.60 Å². The first-order chi connectivity index (χ1) is 6.51. The van der Waals surface area contributed by atoms with Gasteiger partial charge in [-0.2, -0.15) is 0 Å². The minimum absolute atomic E-state index is 0.416. The van der Waals surface area contributed by atoms with E-state index in [1.54, 1.807) is 0 Å². The molecule has 1 fully saturated rings. The number of aryl methyl sites for hydroxylation is 1. The van der Waals surface area contributed by atoms with Crippen molar-refractivity contribution in [1.82, 2.24) is 0 Å². The second kappa shape index (κ2) is 3.25. The first kappa shape index (κ1) is 10.0. The Kier molecular flexibility index (Phi) is 2.32. The van der Waals surface area contributed by atoms with Gasteiger partial charge < -0.3 is 5.11 Å². The molecule has 2 heteroatoms. The van der Waals surface area contributed by atoms with E-state index in [2.05, 4.69) is 0 Å². The zero-order valence-electron chi connectivity index (χ0n) is 8.55. The molecule has 76 valence electrons. The monoisotopic (exact) mass is 210 g/mol. The van der Waals surface area contributed by atoms with E-state index in [4.69, 9.17) is 11.6 Å². The van der Waals surface area contributed by atoms with Crippen molar-refractivity contribution in [2.24, 2.45) is 5.92 Å². The molecule has 2 rings (SSSR count). The number of rotatable bonds is 2. The fourth-order valence-corrected chi connectivity index (χ4v) is 2.18. The highest BCUT2D eigenvalue weighted by Gasteiger charge is 2.41. The van der Waals surface area contributed by atoms with Crippen molar-refractivity contribution in [2.75, 3.05) is 0 Å². The van der Waals surface area contributed by atoms with E-state index >= 15 is 0 Å². The van der Waals surface area contributed by atoms with Crippen molar-refractivity contribution in [1.29, 1.82) is 0 Å². The van der Waals surface area contributed by atoms with E-state index < -0.39 is 5.60 Å². The van der Waals surface area contributed by atoms with Gasteiger partial charge in [-0.05, 0) is 55.9 Å². The minimum Gasteiger partial charge on any atom is -0.385 e. The van der Waals surface area contributed by atoms with Gasteiger partial charge in [-0.25, -0.2) is 0 Å². The highest BCUT2D eigenvalue weighted by molar-refractivity contribution is 6.30. The van der Waals surface area contributed by atoms with E-state index in [0.717, 1.165) is 24.0 Å². The molecule has 0 spiro atoms. The highest BCUT2D eigenvalue weighted by atomic mass is 35.5. The van der Waals surface area contributed by atoms with Gasteiger partial charge in [-0.3, -0.25) is 0 Å². The van der Waals surface area contributed by atoms with Gasteiger partial charge in [0.1, 0.15) is 0 Å². The molecule has 0 saturated heterocycles. The van der Waals surface area contributed by atoms with Crippen molar-refractivity contribution in [3.63, 3.8) is 0 Å². The van der Waals surface area contributed by atoms with Crippen LogP contribution < -0.4 is 0 Å². The Labute approximate surface area is 89.7 Å². The number of hydrogen-bond acceptors (Lipinski definition) is 1. The standard InChI is InChI=1S/C12H15ClO/c1-8-3-6-10(13)7-11(8)12(2,14)9-4-5-9/h3,6-7,9,14H,4-5H2,1-2H3/t12-/m0/s1. The Morgan fingerprint density at radius 2 is 2.07 bits per heavy atom. The second-order valence-electron chi connectivity index (χ2n) is 4.38. The van der Waals surface area contributed by atoms with Gasteiger partial charge in [-0.15, -0.1) is 0 Å². The molecule has 1 aliphatic carbocycles. The molecule has 0 aliphatic heterocycles. The molecule has 1 nitrogen and oxygen atoms in total. The smallest absolute Gasteiger partial charge is 0.0899 e. The summed E-state index contributed by atoms with van der Waals surface area (Å²) in [6, 6.07) is 5.72. The fourth-order valence-electron chi connectivity index (χ4n) is 2.00. The molecular formula is C12H15ClO. The normalized spacial score (nSPS) is 20.6. The van der Waals surface area contributed by atoms with Gasteiger partial charge in [0.25, 0.3) is 0 Å². The molecule has 14 heavy (non-hydrogen) atoms. The summed E-state index contributed by atoms with van der Waals surface area (Å²) in [5.74, 6) is 0.416. The Morgan fingerprint density at radius 3 is 2.64 bits per heavy atom. The maximum atomic E-state index is 10.4. The summed E-state index contributed by atoms with van der Waals surface area (Å²) in [5.41, 5.74) is 1.40. The van der Waals surface area contributed by atoms with Crippen LogP contribution in [0, 0.1) is 12.8 Å². The van der Waals surface area contributed by atoms with E-state index in [1.165, 1.54) is 0 Å². The number of aliphatic hydroxyl groups is 1. The molecule has 0 radical (unpaired) electrons. The second-order valence-corrected chi connectivity index (χ2v) is 4.82. The predicted molar refractivity (Wildman–Crippen MR) is 58.5 cm³/mol. The lowest BCUT2D eigenvalue weighted by Crippen LogP contribution is -2.24. The van der Waals surface area contributed by atoms with Crippen LogP contribution in [0.15, 0.2) is 18.2 Å². The lowest BCUT2D eigenvalue weighted by molar-refractivity contribution is 0.0325. The van der Waals surface area contributed by atoms with Gasteiger partial charge in [-0.1, -0.05) is 17.7 Å². The van der Waals surface area contributed by atoms with Gasteiger partial charge in [0.05, 0.1) is 5.60 Å². The summed E-state index contributed by atoms with van der Waals surface area (Å²) >= 11 is 5.94. The first-order valence-electron chi connectivity index (χ1n) is 5.01. The molecule has 0 amide bonds. The summed E-state index contributed by atoms with van der Waals surface area (Å²) < 4.78 is 0. The van der Waals surface area contributed by atoms with Crippen molar-refractivity contribution in [3.8, 4) is 0 Å². The van der Waals surface area contributed by atoms with Crippen LogP contribution in [0.25, 0.3) is 0 Å². The van der Waals surface area contributed by atoms with Crippen LogP contribution in [0.3, 0.4) is 0 Å². The molecule has 0 bridgehead atoms. The maximum absolute atomic E-state index is 10.4. The number of benzene rings is 1. The predicted octanol–water partition coefficient (Wildman–Crippen LogP) is 3.27. The van der Waals surface area contributed by atoms with Crippen molar-refractivity contribution in [2.45, 2.75) is 32.3 Å². The van der Waals surface area contributed by atoms with Crippen molar-refractivity contribution >= 4 is 11.6 Å². The quantitative estimate of drug-likeness (QED) is 0.795. The summed E-state index contributed by atoms with van der Waals surface area (Å²) in [4.78, 5) is 0. The van der Waals surface area contributed by atoms with Gasteiger partial charge >= 0.3 is 0 Å². The van der Waals surface area contributed by atoms with E-state index in [0.29, 0.717) is 10.9 Å². The topological polar surface area (TPSA) is 20.2 Å². The van der Waals surface area contributed by atoms with E-state index in [-0.39, 0.29) is 0 Å². The molecule has 0 unspecified atom stereocenters. The average Bonchev–Trinajstić information content (AvgIpc) is 2.91. The maximum Gasteiger partial charge on any atom is 0.0899 e. The molecule has 1 atom stereocenters. The SMILES string of the molecule is Cc1ccc(Cl)cc1[C@@](C)(O)C1CC1. The third-order valence-corrected chi connectivity index (χ3v) is 3.35. The zero-order chi connectivity index (χ0) is 10.3. The van der Waals surface area contributed by atoms with Crippen LogP contribution >= 0.6 is 11.6 Å². The highest BCUT2D eigenvalue weighted by Crippen LogP contribution is 2.46. The Morgan fingerprint density at radius 1 is 1.43 bits per heavy atom. The van der Waals surface area contributed by atoms with Crippen LogP contribution in [0.5, 0.6) is 0 Å². The Bertz CT molecular complexity index is 353. The molecule has 1 aliphatic rings. The zero-order valence-corrected chi connectivity index (χ0v) is 9.30. The van der Waals surface area contributed by atoms with Crippen LogP contribution in [0.4, 0.5) is 0 Å². The van der Waals surface area contributed by atoms with Crippen molar-refractivity contribution < 1.29 is 5.11 Å². The summed E-state index contributed by atoms with van der Waals surface area (Å²) in [5, 5.41) is 11.1. The number of hydrogen-bond donors (Lipinski definition) is 1. The van der Waals surface area contributed by atoms with E-state index in [1.807, 2.05) is 32.0 Å². The summed E-state index contributed by atoms with van der Waals surface area (Å²) in [7, 11) is 0. The molecule has 1 aromatic rings. The molecule has 1 saturated carbocycles. The summed E-state index contributed by atoms with van der Waals surface area (Å²) in [6.45, 7) is 3.91. The lowest BCUT2D eigenvalue weighted by atomic mass is 9.88. The molecule has 0 heterocycles. The lowest BCUT2D eigenvalue weighted by Gasteiger charge is -2.25. The fraction of sp³-hybridized carbons (Fsp3) is 0.500. The van der Waals surface area contributed by atoms with Gasteiger partial charge in [0.15, 0.2) is 0 Å². The molecule has 1 aromatic carbocycles. The van der Waals surface area contributed by atoms with Crippen LogP contribution in [0.1, 0.15) is 30.9 Å². The molecular weight excluding hydrogens is 196 g/mol. The van der Waals surface area contributed by atoms with Crippen molar-refractivity contribution in [3.05, 3.63) is 34.3 Å². The molecule has 0 aromatic heterocycles. The van der Waals surface area contributed by atoms with Gasteiger partial charge in [0, 0.05) is 5.02 Å². The van der Waals surface area contributed by atoms with Gasteiger partial charge in [0.2, 0.25) is 0 Å². The molecule has 1 N–H and O–H groups in total. The largest absolute Gasteiger partial charge is 0.385 e. The Hall–Kier alpha value is -0.530. The van der Waals surface area contributed by atoms with Crippen LogP contribution in [0.2, 0.25) is 5.02 Å². The van der Waals surface area contributed by atoms with Crippen LogP contribution in [-0.4, -0.2) is 5.11 Å². The number of halogens is 1. The summed E-state index contributed by atoms with van der Waals surface area (Å²) in [6.07, 6.45) is 2.25. The third-order valence-electron chi connectivity index (χ3n) is 3.12. The minimum atomic E-state index is -0.699.